The third kappa shape index (κ3) is 5.93. The molecule has 3 aromatic carbocycles. The maximum Gasteiger partial charge on any atom is 0.267 e. The Morgan fingerprint density at radius 3 is 2.55 bits per heavy atom. The van der Waals surface area contributed by atoms with Gasteiger partial charge in [-0.05, 0) is 56.3 Å². The highest BCUT2D eigenvalue weighted by Gasteiger charge is 2.28. The van der Waals surface area contributed by atoms with Gasteiger partial charge in [-0.15, -0.1) is 0 Å². The van der Waals surface area contributed by atoms with Gasteiger partial charge >= 0.3 is 0 Å². The number of aliphatic carboxylic acids is 1. The van der Waals surface area contributed by atoms with Crippen LogP contribution in [0.4, 0.5) is 11.4 Å². The molecule has 1 unspecified atom stereocenters. The van der Waals surface area contributed by atoms with Crippen LogP contribution in [0.5, 0.6) is 0 Å². The predicted molar refractivity (Wildman–Crippen MR) is 162 cm³/mol. The standard InChI is InChI=1S/C29H26Cl2N4O3S2/c1-3-33-22-13-19(30)9-11-24(22)39-27(33)15-28-35(23-14-20(31)10-12-25(23)40-28)17-32-26(36)16-34(18(2)29(37)38)21-7-5-4-6-8-21/h4-15,18H,3,16-17H2,1-2H3,(H-,32,36,37,38). The number of nitrogens with zero attached hydrogens (tertiary/aromatic N) is 3. The first-order chi connectivity index (χ1) is 19.2. The number of carboxylic acids is 1. The molecular weight excluding hydrogens is 587 g/mol. The van der Waals surface area contributed by atoms with Gasteiger partial charge in [0.15, 0.2) is 0 Å². The summed E-state index contributed by atoms with van der Waals surface area (Å²) < 4.78 is 3.03. The molecule has 206 valence electrons. The van der Waals surface area contributed by atoms with E-state index in [1.807, 2.05) is 47.0 Å². The minimum absolute atomic E-state index is 0.144. The second-order valence-electron chi connectivity index (χ2n) is 9.14. The summed E-state index contributed by atoms with van der Waals surface area (Å²) in [5, 5.41) is 17.9. The number of hydrogen-bond acceptors (Lipinski definition) is 7. The average Bonchev–Trinajstić information content (AvgIpc) is 3.46. The Morgan fingerprint density at radius 1 is 1.10 bits per heavy atom. The number of aromatic nitrogens is 1. The smallest absolute Gasteiger partial charge is 0.267 e. The van der Waals surface area contributed by atoms with E-state index in [1.54, 1.807) is 47.4 Å². The van der Waals surface area contributed by atoms with Gasteiger partial charge in [0, 0.05) is 33.2 Å². The normalized spacial score (nSPS) is 14.4. The van der Waals surface area contributed by atoms with Crippen molar-refractivity contribution in [2.75, 3.05) is 22.9 Å². The van der Waals surface area contributed by atoms with Crippen molar-refractivity contribution in [1.29, 1.82) is 0 Å². The van der Waals surface area contributed by atoms with E-state index in [0.717, 1.165) is 37.4 Å². The number of carboxylic acid groups (broad SMARTS) is 1. The van der Waals surface area contributed by atoms with Crippen LogP contribution < -0.4 is 24.8 Å². The molecular formula is C29H26Cl2N4O3S2. The maximum absolute atomic E-state index is 13.1. The van der Waals surface area contributed by atoms with Crippen molar-refractivity contribution in [2.45, 2.75) is 31.5 Å². The van der Waals surface area contributed by atoms with Gasteiger partial charge in [0.1, 0.15) is 4.70 Å². The molecule has 2 heterocycles. The highest BCUT2D eigenvalue weighted by atomic mass is 35.5. The van der Waals surface area contributed by atoms with Crippen LogP contribution in [-0.2, 0) is 16.3 Å². The summed E-state index contributed by atoms with van der Waals surface area (Å²) in [5.74, 6) is -1.58. The van der Waals surface area contributed by atoms with Crippen molar-refractivity contribution in [3.05, 3.63) is 86.8 Å². The summed E-state index contributed by atoms with van der Waals surface area (Å²) in [5.41, 5.74) is 2.58. The van der Waals surface area contributed by atoms with E-state index in [4.69, 9.17) is 23.2 Å². The van der Waals surface area contributed by atoms with Crippen LogP contribution in [0, 0.1) is 0 Å². The molecule has 11 heteroatoms. The summed E-state index contributed by atoms with van der Waals surface area (Å²) >= 11 is 15.9. The van der Waals surface area contributed by atoms with Gasteiger partial charge in [-0.2, -0.15) is 4.57 Å². The number of carbonyl (C=O) groups is 2. The molecule has 1 atom stereocenters. The van der Waals surface area contributed by atoms with E-state index in [1.165, 1.54) is 11.8 Å². The highest BCUT2D eigenvalue weighted by Crippen LogP contribution is 2.47. The Kier molecular flexibility index (Phi) is 8.56. The summed E-state index contributed by atoms with van der Waals surface area (Å²) in [6, 6.07) is 19.6. The minimum atomic E-state index is -1.25. The van der Waals surface area contributed by atoms with E-state index in [9.17, 15) is 14.7 Å². The topological polar surface area (TPSA) is 79.6 Å². The number of carbonyl (C=O) groups excluding carboxylic acids is 2. The zero-order valence-electron chi connectivity index (χ0n) is 21.8. The van der Waals surface area contributed by atoms with Gasteiger partial charge in [-0.1, -0.05) is 64.5 Å². The molecule has 1 aliphatic heterocycles. The Hall–Kier alpha value is -3.24. The van der Waals surface area contributed by atoms with E-state index in [2.05, 4.69) is 23.2 Å². The number of thiazole rings is 1. The lowest BCUT2D eigenvalue weighted by atomic mass is 10.2. The zero-order valence-corrected chi connectivity index (χ0v) is 24.9. The lowest BCUT2D eigenvalue weighted by Gasteiger charge is -2.31. The first-order valence-corrected chi connectivity index (χ1v) is 15.0. The lowest BCUT2D eigenvalue weighted by molar-refractivity contribution is -0.672. The molecule has 1 amide bonds. The molecule has 0 spiro atoms. The number of nitrogens with one attached hydrogen (secondary N) is 1. The maximum atomic E-state index is 13.1. The number of rotatable bonds is 9. The van der Waals surface area contributed by atoms with Crippen LogP contribution in [0.2, 0.25) is 10.0 Å². The third-order valence-corrected chi connectivity index (χ3v) is 9.29. The van der Waals surface area contributed by atoms with Crippen molar-refractivity contribution in [3.8, 4) is 0 Å². The van der Waals surface area contributed by atoms with Crippen LogP contribution in [0.25, 0.3) is 16.3 Å². The fourth-order valence-electron chi connectivity index (χ4n) is 4.53. The van der Waals surface area contributed by atoms with Crippen LogP contribution in [-0.4, -0.2) is 31.0 Å². The molecule has 1 N–H and O–H groups in total. The molecule has 40 heavy (non-hydrogen) atoms. The Bertz CT molecular complexity index is 1610. The number of thioether (sulfide) groups is 1. The molecule has 0 aliphatic carbocycles. The van der Waals surface area contributed by atoms with Gasteiger partial charge in [0.05, 0.1) is 35.3 Å². The lowest BCUT2D eigenvalue weighted by Crippen LogP contribution is -2.52. The van der Waals surface area contributed by atoms with Crippen LogP contribution in [0.3, 0.4) is 0 Å². The van der Waals surface area contributed by atoms with Gasteiger partial charge in [0.2, 0.25) is 18.1 Å². The summed E-state index contributed by atoms with van der Waals surface area (Å²) in [6.07, 6.45) is 2.11. The SMILES string of the molecule is CCN1/C(=C/c2sc3ccc(Cl)cc3[n+]2CNC(=O)CN(c2ccccc2)C(C)C(=O)[O-])Sc2ccc(Cl)cc21. The third-order valence-electron chi connectivity index (χ3n) is 6.59. The number of anilines is 2. The fourth-order valence-corrected chi connectivity index (χ4v) is 7.16. The van der Waals surface area contributed by atoms with E-state index in [-0.39, 0.29) is 19.1 Å². The molecule has 1 aliphatic rings. The zero-order chi connectivity index (χ0) is 28.4. The van der Waals surface area contributed by atoms with Crippen molar-refractivity contribution < 1.29 is 19.3 Å². The number of halogens is 2. The minimum Gasteiger partial charge on any atom is -0.548 e. The fraction of sp³-hybridized carbons (Fsp3) is 0.207. The monoisotopic (exact) mass is 612 g/mol. The molecule has 0 saturated heterocycles. The number of hydrogen-bond donors (Lipinski definition) is 1. The molecule has 5 rings (SSSR count). The summed E-state index contributed by atoms with van der Waals surface area (Å²) in [7, 11) is 0. The van der Waals surface area contributed by atoms with Crippen molar-refractivity contribution in [1.82, 2.24) is 5.32 Å². The Labute approximate surface area is 250 Å². The predicted octanol–water partition coefficient (Wildman–Crippen LogP) is 5.14. The molecule has 7 nitrogen and oxygen atoms in total. The van der Waals surface area contributed by atoms with Gasteiger partial charge in [-0.25, -0.2) is 0 Å². The largest absolute Gasteiger partial charge is 0.548 e. The van der Waals surface area contributed by atoms with E-state index in [0.29, 0.717) is 15.7 Å². The quantitative estimate of drug-likeness (QED) is 0.264. The first kappa shape index (κ1) is 28.3. The molecule has 0 bridgehead atoms. The molecule has 0 fully saturated rings. The number of para-hydroxylation sites is 1. The van der Waals surface area contributed by atoms with Crippen molar-refractivity contribution in [3.63, 3.8) is 0 Å². The number of fused-ring (bicyclic) bond motifs is 2. The Balaban J connectivity index is 1.43. The molecule has 1 aromatic heterocycles. The average molecular weight is 614 g/mol. The summed E-state index contributed by atoms with van der Waals surface area (Å²) in [6.45, 7) is 4.40. The van der Waals surface area contributed by atoms with Gasteiger partial charge in [0.25, 0.3) is 5.01 Å². The van der Waals surface area contributed by atoms with Crippen LogP contribution >= 0.6 is 46.3 Å². The van der Waals surface area contributed by atoms with Gasteiger partial charge in [-0.3, -0.25) is 10.1 Å². The molecule has 4 aromatic rings. The second-order valence-corrected chi connectivity index (χ2v) is 12.1. The van der Waals surface area contributed by atoms with E-state index < -0.39 is 12.0 Å². The first-order valence-electron chi connectivity index (χ1n) is 12.6. The molecule has 0 saturated carbocycles. The van der Waals surface area contributed by atoms with Crippen LogP contribution in [0.1, 0.15) is 18.9 Å². The molecule has 0 radical (unpaired) electrons. The van der Waals surface area contributed by atoms with E-state index >= 15 is 0 Å². The highest BCUT2D eigenvalue weighted by molar-refractivity contribution is 8.03. The van der Waals surface area contributed by atoms with Crippen LogP contribution in [0.15, 0.2) is 76.7 Å². The number of amides is 1. The van der Waals surface area contributed by atoms with Gasteiger partial charge < -0.3 is 19.7 Å². The summed E-state index contributed by atoms with van der Waals surface area (Å²) in [4.78, 5) is 29.7. The second kappa shape index (κ2) is 12.1. The Morgan fingerprint density at radius 2 is 1.82 bits per heavy atom. The van der Waals surface area contributed by atoms with Crippen molar-refractivity contribution >= 4 is 85.8 Å². The van der Waals surface area contributed by atoms with Crippen molar-refractivity contribution in [2.24, 2.45) is 0 Å². The number of benzene rings is 3.